The standard InChI is InChI=1S/C8H6ClNO4S.C7H7FN4O/c1-4-2-3-5(8(11)12)7(6(4)9)10-15(13)14;1-2-13-7-11-5(8)3-6-9-4-10-12(6)7/h2-3H,1H3,(H,11,12);3-4H,2H2,1H3. The molecule has 0 fully saturated rings. The molecule has 0 aliphatic heterocycles. The van der Waals surface area contributed by atoms with Crippen LogP contribution in [-0.4, -0.2) is 45.7 Å². The number of fused-ring (bicyclic) bond motifs is 1. The van der Waals surface area contributed by atoms with Crippen molar-refractivity contribution in [3.63, 3.8) is 0 Å². The van der Waals surface area contributed by atoms with Gasteiger partial charge >= 0.3 is 22.5 Å². The SMILES string of the molecule is CCOc1nc(F)cc2ncnn12.Cc1ccc(C(=O)O)c(N=S(=O)=O)c1Cl. The summed E-state index contributed by atoms with van der Waals surface area (Å²) in [7, 11) is -2.73. The highest BCUT2D eigenvalue weighted by Crippen LogP contribution is 2.32. The van der Waals surface area contributed by atoms with Crippen molar-refractivity contribution in [3.8, 4) is 6.01 Å². The number of rotatable bonds is 4. The number of aryl methyl sites for hydroxylation is 1. The van der Waals surface area contributed by atoms with Gasteiger partial charge < -0.3 is 9.84 Å². The summed E-state index contributed by atoms with van der Waals surface area (Å²) >= 11 is 5.76. The average Bonchev–Trinajstić information content (AvgIpc) is 3.08. The summed E-state index contributed by atoms with van der Waals surface area (Å²) in [6.45, 7) is 3.82. The third-order valence-corrected chi connectivity index (χ3v) is 3.99. The second kappa shape index (κ2) is 9.19. The van der Waals surface area contributed by atoms with Gasteiger partial charge in [-0.25, -0.2) is 9.78 Å². The number of carbonyl (C=O) groups is 1. The first-order valence-corrected chi connectivity index (χ1v) is 8.98. The summed E-state index contributed by atoms with van der Waals surface area (Å²) in [4.78, 5) is 18.1. The summed E-state index contributed by atoms with van der Waals surface area (Å²) in [5.41, 5.74) is 0.467. The first-order valence-electron chi connectivity index (χ1n) is 7.57. The maximum Gasteiger partial charge on any atom is 0.337 e. The molecule has 2 heterocycles. The maximum atomic E-state index is 12.8. The number of benzene rings is 1. The van der Waals surface area contributed by atoms with Crippen molar-refractivity contribution in [2.24, 2.45) is 4.36 Å². The van der Waals surface area contributed by atoms with Crippen LogP contribution in [0.2, 0.25) is 5.02 Å². The van der Waals surface area contributed by atoms with Gasteiger partial charge in [0.25, 0.3) is 0 Å². The van der Waals surface area contributed by atoms with Crippen LogP contribution in [0.5, 0.6) is 6.01 Å². The van der Waals surface area contributed by atoms with Crippen molar-refractivity contribution >= 4 is 39.4 Å². The van der Waals surface area contributed by atoms with E-state index in [4.69, 9.17) is 21.4 Å². The molecule has 0 atom stereocenters. The Labute approximate surface area is 164 Å². The lowest BCUT2D eigenvalue weighted by atomic mass is 10.1. The van der Waals surface area contributed by atoms with Crippen molar-refractivity contribution in [2.75, 3.05) is 6.61 Å². The summed E-state index contributed by atoms with van der Waals surface area (Å²) in [5, 5.41) is 12.6. The molecule has 13 heteroatoms. The fourth-order valence-corrected chi connectivity index (χ4v) is 2.59. The highest BCUT2D eigenvalue weighted by atomic mass is 35.5. The zero-order valence-corrected chi connectivity index (χ0v) is 16.1. The van der Waals surface area contributed by atoms with Crippen molar-refractivity contribution in [3.05, 3.63) is 46.6 Å². The van der Waals surface area contributed by atoms with E-state index in [0.717, 1.165) is 0 Å². The van der Waals surface area contributed by atoms with Crippen LogP contribution in [0.25, 0.3) is 5.65 Å². The molecule has 148 valence electrons. The lowest BCUT2D eigenvalue weighted by Crippen LogP contribution is -2.04. The molecular weight excluding hydrogens is 417 g/mol. The number of carboxylic acid groups (broad SMARTS) is 1. The molecule has 0 bridgehead atoms. The molecule has 0 radical (unpaired) electrons. The summed E-state index contributed by atoms with van der Waals surface area (Å²) < 4.78 is 43.2. The van der Waals surface area contributed by atoms with Crippen LogP contribution in [0.1, 0.15) is 22.8 Å². The van der Waals surface area contributed by atoms with Crippen LogP contribution in [0.4, 0.5) is 10.1 Å². The minimum absolute atomic E-state index is 0.0269. The Bertz CT molecular complexity index is 1160. The van der Waals surface area contributed by atoms with Gasteiger partial charge in [0.2, 0.25) is 5.95 Å². The van der Waals surface area contributed by atoms with Gasteiger partial charge in [-0.3, -0.25) is 0 Å². The molecule has 3 rings (SSSR count). The molecule has 0 aliphatic carbocycles. The lowest BCUT2D eigenvalue weighted by molar-refractivity contribution is 0.0698. The smallest absolute Gasteiger partial charge is 0.337 e. The van der Waals surface area contributed by atoms with Gasteiger partial charge in [-0.2, -0.15) is 27.4 Å². The first-order chi connectivity index (χ1) is 13.2. The van der Waals surface area contributed by atoms with Crippen molar-refractivity contribution < 1.29 is 27.4 Å². The first kappa shape index (κ1) is 21.2. The molecule has 2 aromatic heterocycles. The molecule has 3 aromatic rings. The van der Waals surface area contributed by atoms with Crippen molar-refractivity contribution in [1.82, 2.24) is 19.6 Å². The minimum Gasteiger partial charge on any atom is -0.478 e. The molecule has 0 aliphatic rings. The number of hydrogen-bond acceptors (Lipinski definition) is 8. The predicted molar refractivity (Wildman–Crippen MR) is 96.1 cm³/mol. The fraction of sp³-hybridized carbons (Fsp3) is 0.200. The molecular formula is C15H13ClFN5O5S. The van der Waals surface area contributed by atoms with Crippen LogP contribution in [0.15, 0.2) is 28.9 Å². The van der Waals surface area contributed by atoms with Crippen LogP contribution in [-0.2, 0) is 10.5 Å². The second-order valence-electron chi connectivity index (χ2n) is 5.03. The number of halogens is 2. The molecule has 0 spiro atoms. The Morgan fingerprint density at radius 1 is 1.43 bits per heavy atom. The van der Waals surface area contributed by atoms with E-state index in [1.165, 1.54) is 29.0 Å². The van der Waals surface area contributed by atoms with Gasteiger partial charge in [0, 0.05) is 6.07 Å². The molecule has 0 unspecified atom stereocenters. The van der Waals surface area contributed by atoms with Gasteiger partial charge in [0.1, 0.15) is 12.0 Å². The minimum atomic E-state index is -2.73. The van der Waals surface area contributed by atoms with Crippen molar-refractivity contribution in [1.29, 1.82) is 0 Å². The second-order valence-corrected chi connectivity index (χ2v) is 6.03. The van der Waals surface area contributed by atoms with Gasteiger partial charge in [-0.15, -0.1) is 4.36 Å². The van der Waals surface area contributed by atoms with Gasteiger partial charge in [0.05, 0.1) is 17.2 Å². The summed E-state index contributed by atoms with van der Waals surface area (Å²) in [5.74, 6) is -1.90. The average molecular weight is 430 g/mol. The third-order valence-electron chi connectivity index (χ3n) is 3.18. The Kier molecular flexibility index (Phi) is 6.95. The number of aromatic carboxylic acids is 1. The van der Waals surface area contributed by atoms with Crippen LogP contribution < -0.4 is 4.74 Å². The Balaban J connectivity index is 0.000000202. The van der Waals surface area contributed by atoms with Crippen LogP contribution in [0.3, 0.4) is 0 Å². The van der Waals surface area contributed by atoms with E-state index in [-0.39, 0.29) is 22.3 Å². The van der Waals surface area contributed by atoms with E-state index in [0.29, 0.717) is 17.8 Å². The maximum absolute atomic E-state index is 12.8. The molecule has 10 nitrogen and oxygen atoms in total. The van der Waals surface area contributed by atoms with E-state index in [2.05, 4.69) is 19.4 Å². The number of ether oxygens (including phenoxy) is 1. The van der Waals surface area contributed by atoms with Gasteiger partial charge in [-0.1, -0.05) is 17.7 Å². The fourth-order valence-electron chi connectivity index (χ4n) is 2.00. The molecule has 1 aromatic carbocycles. The summed E-state index contributed by atoms with van der Waals surface area (Å²) in [6.07, 6.45) is 1.32. The van der Waals surface area contributed by atoms with Gasteiger partial charge in [0.15, 0.2) is 5.65 Å². The zero-order valence-electron chi connectivity index (χ0n) is 14.5. The number of nitrogens with zero attached hydrogens (tertiary/aromatic N) is 5. The van der Waals surface area contributed by atoms with Gasteiger partial charge in [-0.05, 0) is 25.5 Å². The Hall–Kier alpha value is -3.12. The summed E-state index contributed by atoms with van der Waals surface area (Å²) in [6, 6.07) is 4.05. The number of aromatic nitrogens is 4. The van der Waals surface area contributed by atoms with E-state index >= 15 is 0 Å². The molecule has 1 N–H and O–H groups in total. The molecule has 0 saturated carbocycles. The molecule has 0 amide bonds. The van der Waals surface area contributed by atoms with E-state index in [1.807, 2.05) is 0 Å². The van der Waals surface area contributed by atoms with E-state index < -0.39 is 22.4 Å². The highest BCUT2D eigenvalue weighted by molar-refractivity contribution is 7.61. The zero-order chi connectivity index (χ0) is 20.8. The van der Waals surface area contributed by atoms with E-state index in [9.17, 15) is 17.6 Å². The predicted octanol–water partition coefficient (Wildman–Crippen LogP) is 2.70. The highest BCUT2D eigenvalue weighted by Gasteiger charge is 2.15. The number of carboxylic acids is 1. The molecule has 0 saturated heterocycles. The van der Waals surface area contributed by atoms with Crippen LogP contribution >= 0.6 is 11.6 Å². The topological polar surface area (TPSA) is 136 Å². The normalized spacial score (nSPS) is 10.1. The number of hydrogen-bond donors (Lipinski definition) is 1. The Morgan fingerprint density at radius 2 is 2.14 bits per heavy atom. The lowest BCUT2D eigenvalue weighted by Gasteiger charge is -2.03. The Morgan fingerprint density at radius 3 is 2.75 bits per heavy atom. The van der Waals surface area contributed by atoms with Crippen LogP contribution in [0, 0.1) is 12.9 Å². The quantitative estimate of drug-likeness (QED) is 0.625. The largest absolute Gasteiger partial charge is 0.478 e. The monoisotopic (exact) mass is 429 g/mol. The van der Waals surface area contributed by atoms with Crippen molar-refractivity contribution in [2.45, 2.75) is 13.8 Å². The van der Waals surface area contributed by atoms with E-state index in [1.54, 1.807) is 13.8 Å². The molecule has 28 heavy (non-hydrogen) atoms. The third kappa shape index (κ3) is 4.98.